The molecule has 2 atom stereocenters. The van der Waals surface area contributed by atoms with Crippen LogP contribution in [0.2, 0.25) is 5.02 Å². The minimum absolute atomic E-state index is 0.0793. The zero-order valence-corrected chi connectivity index (χ0v) is 12.3. The van der Waals surface area contributed by atoms with Crippen LogP contribution in [-0.2, 0) is 0 Å². The van der Waals surface area contributed by atoms with Gasteiger partial charge in [-0.25, -0.2) is 0 Å². The SMILES string of the molecule is CC1CN(C(=O)c2ccc(Br)c(Cl)c2)CC1C. The maximum atomic E-state index is 12.3. The minimum atomic E-state index is 0.0793. The van der Waals surface area contributed by atoms with Crippen molar-refractivity contribution in [2.75, 3.05) is 13.1 Å². The molecule has 1 aliphatic rings. The molecular formula is C13H15BrClNO. The van der Waals surface area contributed by atoms with Gasteiger partial charge in [-0.05, 0) is 46.0 Å². The van der Waals surface area contributed by atoms with Crippen molar-refractivity contribution in [3.63, 3.8) is 0 Å². The van der Waals surface area contributed by atoms with Gasteiger partial charge in [-0.15, -0.1) is 0 Å². The van der Waals surface area contributed by atoms with E-state index >= 15 is 0 Å². The lowest BCUT2D eigenvalue weighted by molar-refractivity contribution is 0.0785. The van der Waals surface area contributed by atoms with Crippen LogP contribution < -0.4 is 0 Å². The normalized spacial score (nSPS) is 24.1. The Hall–Kier alpha value is -0.540. The van der Waals surface area contributed by atoms with Gasteiger partial charge in [0.1, 0.15) is 0 Å². The zero-order valence-electron chi connectivity index (χ0n) is 9.91. The van der Waals surface area contributed by atoms with Gasteiger partial charge in [0.15, 0.2) is 0 Å². The van der Waals surface area contributed by atoms with Crippen LogP contribution >= 0.6 is 27.5 Å². The lowest BCUT2D eigenvalue weighted by Gasteiger charge is -2.16. The first-order chi connectivity index (χ1) is 7.99. The molecule has 1 aliphatic heterocycles. The second-order valence-electron chi connectivity index (χ2n) is 4.79. The van der Waals surface area contributed by atoms with Crippen molar-refractivity contribution in [2.24, 2.45) is 11.8 Å². The van der Waals surface area contributed by atoms with E-state index in [1.807, 2.05) is 17.0 Å². The minimum Gasteiger partial charge on any atom is -0.338 e. The number of nitrogens with zero attached hydrogens (tertiary/aromatic N) is 1. The first kappa shape index (κ1) is 12.9. The lowest BCUT2D eigenvalue weighted by atomic mass is 10.0. The molecule has 1 fully saturated rings. The summed E-state index contributed by atoms with van der Waals surface area (Å²) in [6, 6.07) is 5.35. The van der Waals surface area contributed by atoms with Crippen molar-refractivity contribution in [3.05, 3.63) is 33.3 Å². The van der Waals surface area contributed by atoms with Crippen molar-refractivity contribution in [2.45, 2.75) is 13.8 Å². The third kappa shape index (κ3) is 2.66. The maximum Gasteiger partial charge on any atom is 0.253 e. The standard InChI is InChI=1S/C13H15BrClNO/c1-8-6-16(7-9(8)2)13(17)10-3-4-11(14)12(15)5-10/h3-5,8-9H,6-7H2,1-2H3. The largest absolute Gasteiger partial charge is 0.338 e. The van der Waals surface area contributed by atoms with Crippen molar-refractivity contribution >= 4 is 33.4 Å². The number of hydrogen-bond donors (Lipinski definition) is 0. The highest BCUT2D eigenvalue weighted by Gasteiger charge is 2.29. The smallest absolute Gasteiger partial charge is 0.253 e. The molecule has 0 aromatic heterocycles. The van der Waals surface area contributed by atoms with E-state index in [0.717, 1.165) is 17.6 Å². The Bertz CT molecular complexity index is 439. The summed E-state index contributed by atoms with van der Waals surface area (Å²) in [5.74, 6) is 1.23. The predicted octanol–water partition coefficient (Wildman–Crippen LogP) is 3.83. The van der Waals surface area contributed by atoms with Crippen LogP contribution in [0.5, 0.6) is 0 Å². The highest BCUT2D eigenvalue weighted by atomic mass is 79.9. The number of rotatable bonds is 1. The number of hydrogen-bond acceptors (Lipinski definition) is 1. The van der Waals surface area contributed by atoms with E-state index in [4.69, 9.17) is 11.6 Å². The van der Waals surface area contributed by atoms with Gasteiger partial charge in [0.2, 0.25) is 0 Å². The van der Waals surface area contributed by atoms with Gasteiger partial charge in [-0.3, -0.25) is 4.79 Å². The summed E-state index contributed by atoms with van der Waals surface area (Å²) < 4.78 is 0.818. The summed E-state index contributed by atoms with van der Waals surface area (Å²) in [4.78, 5) is 14.2. The third-order valence-electron chi connectivity index (χ3n) is 3.44. The van der Waals surface area contributed by atoms with Crippen LogP contribution in [0.4, 0.5) is 0 Å². The van der Waals surface area contributed by atoms with Crippen LogP contribution in [0, 0.1) is 11.8 Å². The molecule has 92 valence electrons. The Morgan fingerprint density at radius 2 is 1.94 bits per heavy atom. The molecule has 1 saturated heterocycles. The molecule has 0 bridgehead atoms. The van der Waals surface area contributed by atoms with Gasteiger partial charge >= 0.3 is 0 Å². The van der Waals surface area contributed by atoms with Gasteiger partial charge < -0.3 is 4.90 Å². The van der Waals surface area contributed by atoms with E-state index in [1.54, 1.807) is 6.07 Å². The Labute approximate surface area is 115 Å². The number of likely N-dealkylation sites (tertiary alicyclic amines) is 1. The summed E-state index contributed by atoms with van der Waals surface area (Å²) in [6.45, 7) is 6.06. The van der Waals surface area contributed by atoms with Crippen molar-refractivity contribution in [3.8, 4) is 0 Å². The maximum absolute atomic E-state index is 12.3. The fourth-order valence-electron chi connectivity index (χ4n) is 2.11. The average molecular weight is 317 g/mol. The predicted molar refractivity (Wildman–Crippen MR) is 73.4 cm³/mol. The van der Waals surface area contributed by atoms with E-state index in [0.29, 0.717) is 22.4 Å². The first-order valence-corrected chi connectivity index (χ1v) is 6.90. The molecule has 2 nitrogen and oxygen atoms in total. The number of halogens is 2. The zero-order chi connectivity index (χ0) is 12.6. The first-order valence-electron chi connectivity index (χ1n) is 5.73. The average Bonchev–Trinajstić information content (AvgIpc) is 2.62. The van der Waals surface area contributed by atoms with E-state index in [-0.39, 0.29) is 5.91 Å². The highest BCUT2D eigenvalue weighted by molar-refractivity contribution is 9.10. The van der Waals surface area contributed by atoms with Crippen LogP contribution in [0.1, 0.15) is 24.2 Å². The molecule has 0 N–H and O–H groups in total. The molecule has 2 rings (SSSR count). The summed E-state index contributed by atoms with van der Waals surface area (Å²) in [5.41, 5.74) is 0.666. The molecule has 0 spiro atoms. The molecule has 1 amide bonds. The van der Waals surface area contributed by atoms with Crippen LogP contribution in [0.15, 0.2) is 22.7 Å². The number of carbonyl (C=O) groups is 1. The second-order valence-corrected chi connectivity index (χ2v) is 6.06. The van der Waals surface area contributed by atoms with Gasteiger partial charge in [0, 0.05) is 23.1 Å². The molecule has 0 saturated carbocycles. The molecular weight excluding hydrogens is 302 g/mol. The Morgan fingerprint density at radius 1 is 1.35 bits per heavy atom. The molecule has 0 aliphatic carbocycles. The summed E-state index contributed by atoms with van der Waals surface area (Å²) in [6.07, 6.45) is 0. The Balaban J connectivity index is 2.17. The van der Waals surface area contributed by atoms with Crippen molar-refractivity contribution < 1.29 is 4.79 Å². The molecule has 1 heterocycles. The molecule has 1 aromatic carbocycles. The quantitative estimate of drug-likeness (QED) is 0.771. The number of amides is 1. The molecule has 0 radical (unpaired) electrons. The topological polar surface area (TPSA) is 20.3 Å². The second kappa shape index (κ2) is 4.99. The van der Waals surface area contributed by atoms with Gasteiger partial charge in [0.25, 0.3) is 5.91 Å². The van der Waals surface area contributed by atoms with Gasteiger partial charge in [0.05, 0.1) is 5.02 Å². The van der Waals surface area contributed by atoms with E-state index in [9.17, 15) is 4.79 Å². The van der Waals surface area contributed by atoms with E-state index in [1.165, 1.54) is 0 Å². The molecule has 17 heavy (non-hydrogen) atoms. The lowest BCUT2D eigenvalue weighted by Crippen LogP contribution is -2.28. The van der Waals surface area contributed by atoms with Crippen molar-refractivity contribution in [1.29, 1.82) is 0 Å². The molecule has 2 unspecified atom stereocenters. The van der Waals surface area contributed by atoms with Crippen LogP contribution in [-0.4, -0.2) is 23.9 Å². The Kier molecular flexibility index (Phi) is 3.79. The molecule has 4 heteroatoms. The number of benzene rings is 1. The van der Waals surface area contributed by atoms with E-state index in [2.05, 4.69) is 29.8 Å². The highest BCUT2D eigenvalue weighted by Crippen LogP contribution is 2.27. The monoisotopic (exact) mass is 315 g/mol. The van der Waals surface area contributed by atoms with Crippen LogP contribution in [0.25, 0.3) is 0 Å². The number of carbonyl (C=O) groups excluding carboxylic acids is 1. The third-order valence-corrected chi connectivity index (χ3v) is 4.67. The van der Waals surface area contributed by atoms with E-state index < -0.39 is 0 Å². The van der Waals surface area contributed by atoms with Gasteiger partial charge in [-0.2, -0.15) is 0 Å². The summed E-state index contributed by atoms with van der Waals surface area (Å²) >= 11 is 9.33. The van der Waals surface area contributed by atoms with Gasteiger partial charge in [-0.1, -0.05) is 25.4 Å². The van der Waals surface area contributed by atoms with Crippen molar-refractivity contribution in [1.82, 2.24) is 4.90 Å². The fraction of sp³-hybridized carbons (Fsp3) is 0.462. The summed E-state index contributed by atoms with van der Waals surface area (Å²) in [5, 5.41) is 0.580. The molecule has 1 aromatic rings. The summed E-state index contributed by atoms with van der Waals surface area (Å²) in [7, 11) is 0. The van der Waals surface area contributed by atoms with Crippen LogP contribution in [0.3, 0.4) is 0 Å². The Morgan fingerprint density at radius 3 is 2.47 bits per heavy atom. The fourth-order valence-corrected chi connectivity index (χ4v) is 2.53.